The lowest BCUT2D eigenvalue weighted by atomic mass is 10.1. The SMILES string of the molecule is COc1cc(OC)c(CNC(C)c2nc(Cc3ccccc3)no2)c(OC)c1. The molecular weight excluding hydrogens is 358 g/mol. The van der Waals surface area contributed by atoms with E-state index in [1.165, 1.54) is 0 Å². The Morgan fingerprint density at radius 3 is 2.29 bits per heavy atom. The number of hydrogen-bond acceptors (Lipinski definition) is 7. The molecule has 0 saturated carbocycles. The molecule has 0 aliphatic heterocycles. The predicted molar refractivity (Wildman–Crippen MR) is 105 cm³/mol. The first-order valence-electron chi connectivity index (χ1n) is 9.03. The minimum Gasteiger partial charge on any atom is -0.496 e. The maximum Gasteiger partial charge on any atom is 0.243 e. The molecule has 2 aromatic carbocycles. The van der Waals surface area contributed by atoms with Gasteiger partial charge in [0.2, 0.25) is 5.89 Å². The summed E-state index contributed by atoms with van der Waals surface area (Å²) in [4.78, 5) is 4.51. The molecule has 3 aromatic rings. The first-order chi connectivity index (χ1) is 13.6. The molecule has 3 rings (SSSR count). The number of nitrogens with zero attached hydrogens (tertiary/aromatic N) is 2. The molecule has 0 bridgehead atoms. The van der Waals surface area contributed by atoms with Crippen LogP contribution in [0.4, 0.5) is 0 Å². The fourth-order valence-corrected chi connectivity index (χ4v) is 2.89. The highest BCUT2D eigenvalue weighted by Gasteiger charge is 2.18. The van der Waals surface area contributed by atoms with E-state index in [0.29, 0.717) is 41.9 Å². The Balaban J connectivity index is 1.68. The van der Waals surface area contributed by atoms with E-state index in [0.717, 1.165) is 11.1 Å². The van der Waals surface area contributed by atoms with Crippen LogP contribution in [0.3, 0.4) is 0 Å². The van der Waals surface area contributed by atoms with E-state index in [1.54, 1.807) is 21.3 Å². The molecule has 28 heavy (non-hydrogen) atoms. The van der Waals surface area contributed by atoms with Crippen LogP contribution in [0.5, 0.6) is 17.2 Å². The first-order valence-corrected chi connectivity index (χ1v) is 9.03. The van der Waals surface area contributed by atoms with Crippen LogP contribution in [0.2, 0.25) is 0 Å². The quantitative estimate of drug-likeness (QED) is 0.605. The molecule has 148 valence electrons. The van der Waals surface area contributed by atoms with Crippen molar-refractivity contribution in [2.24, 2.45) is 0 Å². The Morgan fingerprint density at radius 1 is 1.00 bits per heavy atom. The summed E-state index contributed by atoms with van der Waals surface area (Å²) in [5, 5.41) is 7.47. The number of ether oxygens (including phenoxy) is 3. The molecule has 1 unspecified atom stereocenters. The van der Waals surface area contributed by atoms with Gasteiger partial charge in [0.25, 0.3) is 0 Å². The van der Waals surface area contributed by atoms with E-state index in [2.05, 4.69) is 15.5 Å². The number of hydrogen-bond donors (Lipinski definition) is 1. The van der Waals surface area contributed by atoms with Crippen molar-refractivity contribution in [1.29, 1.82) is 0 Å². The van der Waals surface area contributed by atoms with Crippen LogP contribution in [0.25, 0.3) is 0 Å². The lowest BCUT2D eigenvalue weighted by molar-refractivity contribution is 0.331. The normalized spacial score (nSPS) is 11.9. The monoisotopic (exact) mass is 383 g/mol. The molecule has 0 aliphatic carbocycles. The Bertz CT molecular complexity index is 871. The topological polar surface area (TPSA) is 78.6 Å². The van der Waals surface area contributed by atoms with Gasteiger partial charge in [0.05, 0.1) is 32.9 Å². The fraction of sp³-hybridized carbons (Fsp3) is 0.333. The van der Waals surface area contributed by atoms with Gasteiger partial charge in [-0.3, -0.25) is 0 Å². The van der Waals surface area contributed by atoms with Crippen molar-refractivity contribution in [3.8, 4) is 17.2 Å². The average molecular weight is 383 g/mol. The molecule has 7 heteroatoms. The molecule has 1 aromatic heterocycles. The zero-order valence-electron chi connectivity index (χ0n) is 16.6. The molecule has 1 atom stereocenters. The number of methoxy groups -OCH3 is 3. The van der Waals surface area contributed by atoms with Crippen LogP contribution in [0.15, 0.2) is 47.0 Å². The van der Waals surface area contributed by atoms with Crippen LogP contribution in [-0.4, -0.2) is 31.5 Å². The van der Waals surface area contributed by atoms with Gasteiger partial charge in [-0.1, -0.05) is 35.5 Å². The molecule has 7 nitrogen and oxygen atoms in total. The maximum absolute atomic E-state index is 5.49. The predicted octanol–water partition coefficient (Wildman–Crippen LogP) is 3.54. The Morgan fingerprint density at radius 2 is 1.68 bits per heavy atom. The van der Waals surface area contributed by atoms with Gasteiger partial charge in [-0.15, -0.1) is 0 Å². The third-order valence-corrected chi connectivity index (χ3v) is 4.46. The maximum atomic E-state index is 5.49. The van der Waals surface area contributed by atoms with Crippen LogP contribution < -0.4 is 19.5 Å². The van der Waals surface area contributed by atoms with Crippen molar-refractivity contribution < 1.29 is 18.7 Å². The summed E-state index contributed by atoms with van der Waals surface area (Å²) in [7, 11) is 4.85. The van der Waals surface area contributed by atoms with Crippen LogP contribution in [-0.2, 0) is 13.0 Å². The van der Waals surface area contributed by atoms with Crippen LogP contribution in [0.1, 0.15) is 35.8 Å². The highest BCUT2D eigenvalue weighted by Crippen LogP contribution is 2.34. The van der Waals surface area contributed by atoms with E-state index in [9.17, 15) is 0 Å². The van der Waals surface area contributed by atoms with Crippen molar-refractivity contribution in [2.45, 2.75) is 25.9 Å². The van der Waals surface area contributed by atoms with Crippen molar-refractivity contribution in [1.82, 2.24) is 15.5 Å². The van der Waals surface area contributed by atoms with E-state index in [4.69, 9.17) is 18.7 Å². The van der Waals surface area contributed by atoms with Crippen LogP contribution >= 0.6 is 0 Å². The lowest BCUT2D eigenvalue weighted by Crippen LogP contribution is -2.19. The Hall–Kier alpha value is -3.06. The summed E-state index contributed by atoms with van der Waals surface area (Å²) in [6, 6.07) is 13.6. The molecule has 0 saturated heterocycles. The fourth-order valence-electron chi connectivity index (χ4n) is 2.89. The van der Waals surface area contributed by atoms with Crippen molar-refractivity contribution >= 4 is 0 Å². The standard InChI is InChI=1S/C21H25N3O4/c1-14(21-23-20(24-28-21)10-15-8-6-5-7-9-15)22-13-17-18(26-3)11-16(25-2)12-19(17)27-4/h5-9,11-12,14,22H,10,13H2,1-4H3. The molecule has 0 amide bonds. The minimum atomic E-state index is -0.131. The number of rotatable bonds is 9. The highest BCUT2D eigenvalue weighted by molar-refractivity contribution is 5.50. The number of nitrogens with one attached hydrogen (secondary N) is 1. The van der Waals surface area contributed by atoms with E-state index < -0.39 is 0 Å². The third kappa shape index (κ3) is 4.61. The number of aromatic nitrogens is 2. The van der Waals surface area contributed by atoms with E-state index in [1.807, 2.05) is 49.4 Å². The van der Waals surface area contributed by atoms with Gasteiger partial charge in [-0.25, -0.2) is 0 Å². The van der Waals surface area contributed by atoms with Gasteiger partial charge in [-0.2, -0.15) is 4.98 Å². The summed E-state index contributed by atoms with van der Waals surface area (Å²) in [5.41, 5.74) is 2.03. The number of benzene rings is 2. The van der Waals surface area contributed by atoms with Crippen molar-refractivity contribution in [3.05, 3.63) is 65.3 Å². The molecule has 0 radical (unpaired) electrons. The summed E-state index contributed by atoms with van der Waals surface area (Å²) >= 11 is 0. The Labute approximate surface area is 164 Å². The van der Waals surface area contributed by atoms with Crippen LogP contribution in [0, 0.1) is 0 Å². The van der Waals surface area contributed by atoms with Gasteiger partial charge in [0.15, 0.2) is 5.82 Å². The molecule has 0 aliphatic rings. The second-order valence-corrected chi connectivity index (χ2v) is 6.32. The summed E-state index contributed by atoms with van der Waals surface area (Å²) in [6.45, 7) is 2.48. The lowest BCUT2D eigenvalue weighted by Gasteiger charge is -2.17. The summed E-state index contributed by atoms with van der Waals surface area (Å²) in [5.74, 6) is 3.25. The zero-order chi connectivity index (χ0) is 19.9. The van der Waals surface area contributed by atoms with E-state index >= 15 is 0 Å². The molecule has 1 heterocycles. The zero-order valence-corrected chi connectivity index (χ0v) is 16.6. The molecular formula is C21H25N3O4. The third-order valence-electron chi connectivity index (χ3n) is 4.46. The van der Waals surface area contributed by atoms with Gasteiger partial charge in [0, 0.05) is 25.1 Å². The van der Waals surface area contributed by atoms with Gasteiger partial charge in [0.1, 0.15) is 17.2 Å². The summed E-state index contributed by atoms with van der Waals surface area (Å²) < 4.78 is 21.7. The largest absolute Gasteiger partial charge is 0.496 e. The first kappa shape index (κ1) is 19.7. The van der Waals surface area contributed by atoms with Gasteiger partial charge < -0.3 is 24.1 Å². The van der Waals surface area contributed by atoms with Crippen molar-refractivity contribution in [2.75, 3.05) is 21.3 Å². The minimum absolute atomic E-state index is 0.131. The van der Waals surface area contributed by atoms with Gasteiger partial charge >= 0.3 is 0 Å². The Kier molecular flexibility index (Phi) is 6.49. The average Bonchev–Trinajstić information content (AvgIpc) is 3.20. The molecule has 1 N–H and O–H groups in total. The highest BCUT2D eigenvalue weighted by atomic mass is 16.5. The van der Waals surface area contributed by atoms with Crippen molar-refractivity contribution in [3.63, 3.8) is 0 Å². The smallest absolute Gasteiger partial charge is 0.243 e. The second-order valence-electron chi connectivity index (χ2n) is 6.32. The van der Waals surface area contributed by atoms with Gasteiger partial charge in [-0.05, 0) is 12.5 Å². The van der Waals surface area contributed by atoms with E-state index in [-0.39, 0.29) is 6.04 Å². The summed E-state index contributed by atoms with van der Waals surface area (Å²) in [6.07, 6.45) is 0.636. The second kappa shape index (κ2) is 9.23. The molecule has 0 spiro atoms. The molecule has 0 fully saturated rings.